The summed E-state index contributed by atoms with van der Waals surface area (Å²) in [5.41, 5.74) is 0.501. The Morgan fingerprint density at radius 1 is 1.50 bits per heavy atom. The van der Waals surface area contributed by atoms with E-state index < -0.39 is 6.10 Å². The van der Waals surface area contributed by atoms with Crippen molar-refractivity contribution in [1.29, 1.82) is 0 Å². The van der Waals surface area contributed by atoms with Gasteiger partial charge in [0.05, 0.1) is 11.7 Å². The smallest absolute Gasteiger partial charge is 0.252 e. The maximum atomic E-state index is 11.9. The first kappa shape index (κ1) is 15.5. The van der Waals surface area contributed by atoms with Crippen LogP contribution in [0.2, 0.25) is 5.02 Å². The number of nitrogens with one attached hydrogen (secondary N) is 1. The lowest BCUT2D eigenvalue weighted by Gasteiger charge is -2.14. The summed E-state index contributed by atoms with van der Waals surface area (Å²) in [5, 5.41) is 12.9. The third kappa shape index (κ3) is 4.59. The molecule has 0 aliphatic heterocycles. The van der Waals surface area contributed by atoms with Gasteiger partial charge in [0.1, 0.15) is 0 Å². The van der Waals surface area contributed by atoms with Crippen LogP contribution < -0.4 is 5.32 Å². The lowest BCUT2D eigenvalue weighted by Crippen LogP contribution is -2.28. The standard InChI is InChI=1S/C13H17BrClNO2/c1-8(2)12(17)5-6-16-13(18)10-7-9(15)3-4-11(10)14/h3-4,7-8,12,17H,5-6H2,1-2H3,(H,16,18). The zero-order valence-corrected chi connectivity index (χ0v) is 12.8. The molecule has 0 fully saturated rings. The molecule has 1 aromatic carbocycles. The van der Waals surface area contributed by atoms with Gasteiger partial charge >= 0.3 is 0 Å². The summed E-state index contributed by atoms with van der Waals surface area (Å²) >= 11 is 9.15. The van der Waals surface area contributed by atoms with E-state index in [0.29, 0.717) is 28.0 Å². The van der Waals surface area contributed by atoms with Crippen LogP contribution >= 0.6 is 27.5 Å². The summed E-state index contributed by atoms with van der Waals surface area (Å²) < 4.78 is 0.703. The highest BCUT2D eigenvalue weighted by Crippen LogP contribution is 2.21. The summed E-state index contributed by atoms with van der Waals surface area (Å²) in [4.78, 5) is 11.9. The van der Waals surface area contributed by atoms with Gasteiger partial charge in [-0.05, 0) is 46.5 Å². The van der Waals surface area contributed by atoms with Crippen LogP contribution in [0.5, 0.6) is 0 Å². The first-order chi connectivity index (χ1) is 8.41. The summed E-state index contributed by atoms with van der Waals surface area (Å²) in [7, 11) is 0. The highest BCUT2D eigenvalue weighted by molar-refractivity contribution is 9.10. The Kier molecular flexibility index (Phi) is 6.12. The predicted molar refractivity (Wildman–Crippen MR) is 76.9 cm³/mol. The number of benzene rings is 1. The Morgan fingerprint density at radius 2 is 2.17 bits per heavy atom. The number of carbonyl (C=O) groups excluding carboxylic acids is 1. The predicted octanol–water partition coefficient (Wildman–Crippen LogP) is 3.24. The van der Waals surface area contributed by atoms with Gasteiger partial charge in [-0.2, -0.15) is 0 Å². The molecule has 2 N–H and O–H groups in total. The molecule has 0 radical (unpaired) electrons. The first-order valence-corrected chi connectivity index (χ1v) is 7.00. The molecule has 0 bridgehead atoms. The molecule has 0 heterocycles. The molecule has 1 amide bonds. The van der Waals surface area contributed by atoms with Crippen molar-refractivity contribution in [2.24, 2.45) is 5.92 Å². The van der Waals surface area contributed by atoms with Gasteiger partial charge in [0.2, 0.25) is 0 Å². The topological polar surface area (TPSA) is 49.3 Å². The summed E-state index contributed by atoms with van der Waals surface area (Å²) in [6.45, 7) is 4.33. The lowest BCUT2D eigenvalue weighted by molar-refractivity contribution is 0.0919. The van der Waals surface area contributed by atoms with E-state index >= 15 is 0 Å². The number of hydrogen-bond acceptors (Lipinski definition) is 2. The normalized spacial score (nSPS) is 12.6. The molecule has 0 saturated heterocycles. The highest BCUT2D eigenvalue weighted by atomic mass is 79.9. The van der Waals surface area contributed by atoms with Crippen LogP contribution in [0.1, 0.15) is 30.6 Å². The number of rotatable bonds is 5. The fourth-order valence-electron chi connectivity index (χ4n) is 1.43. The number of halogens is 2. The van der Waals surface area contributed by atoms with E-state index in [1.807, 2.05) is 13.8 Å². The Balaban J connectivity index is 2.53. The largest absolute Gasteiger partial charge is 0.393 e. The average Bonchev–Trinajstić information content (AvgIpc) is 2.31. The van der Waals surface area contributed by atoms with Gasteiger partial charge in [-0.3, -0.25) is 4.79 Å². The third-order valence-corrected chi connectivity index (χ3v) is 3.59. The SMILES string of the molecule is CC(C)C(O)CCNC(=O)c1cc(Cl)ccc1Br. The number of hydrogen-bond donors (Lipinski definition) is 2. The second-order valence-electron chi connectivity index (χ2n) is 4.48. The molecular formula is C13H17BrClNO2. The van der Waals surface area contributed by atoms with Gasteiger partial charge in [0.25, 0.3) is 5.91 Å². The maximum absolute atomic E-state index is 11.9. The molecule has 0 spiro atoms. The van der Waals surface area contributed by atoms with Crippen LogP contribution in [0, 0.1) is 5.92 Å². The van der Waals surface area contributed by atoms with Crippen LogP contribution in [-0.4, -0.2) is 23.7 Å². The number of amides is 1. The van der Waals surface area contributed by atoms with Crippen LogP contribution in [0.4, 0.5) is 0 Å². The molecular weight excluding hydrogens is 318 g/mol. The van der Waals surface area contributed by atoms with Crippen molar-refractivity contribution in [3.8, 4) is 0 Å². The molecule has 100 valence electrons. The van der Waals surface area contributed by atoms with Crippen LogP contribution in [0.15, 0.2) is 22.7 Å². The second-order valence-corrected chi connectivity index (χ2v) is 5.77. The van der Waals surface area contributed by atoms with E-state index in [1.165, 1.54) is 0 Å². The van der Waals surface area contributed by atoms with Crippen molar-refractivity contribution < 1.29 is 9.90 Å². The van der Waals surface area contributed by atoms with Crippen molar-refractivity contribution in [1.82, 2.24) is 5.32 Å². The summed E-state index contributed by atoms with van der Waals surface area (Å²) in [5.74, 6) is 0.000129. The first-order valence-electron chi connectivity index (χ1n) is 5.83. The number of aliphatic hydroxyl groups is 1. The van der Waals surface area contributed by atoms with Crippen molar-refractivity contribution in [3.63, 3.8) is 0 Å². The Morgan fingerprint density at radius 3 is 2.78 bits per heavy atom. The van der Waals surface area contributed by atoms with Crippen LogP contribution in [0.25, 0.3) is 0 Å². The summed E-state index contributed by atoms with van der Waals surface area (Å²) in [6, 6.07) is 5.06. The highest BCUT2D eigenvalue weighted by Gasteiger charge is 2.12. The van der Waals surface area contributed by atoms with E-state index in [9.17, 15) is 9.90 Å². The number of carbonyl (C=O) groups is 1. The van der Waals surface area contributed by atoms with E-state index in [4.69, 9.17) is 11.6 Å². The van der Waals surface area contributed by atoms with E-state index in [1.54, 1.807) is 18.2 Å². The average molecular weight is 335 g/mol. The molecule has 0 aliphatic carbocycles. The lowest BCUT2D eigenvalue weighted by atomic mass is 10.0. The number of aliphatic hydroxyl groups excluding tert-OH is 1. The second kappa shape index (κ2) is 7.12. The maximum Gasteiger partial charge on any atom is 0.252 e. The molecule has 1 atom stereocenters. The Hall–Kier alpha value is -0.580. The minimum atomic E-state index is -0.395. The van der Waals surface area contributed by atoms with Gasteiger partial charge in [-0.1, -0.05) is 25.4 Å². The molecule has 5 heteroatoms. The van der Waals surface area contributed by atoms with Crippen molar-refractivity contribution in [2.45, 2.75) is 26.4 Å². The monoisotopic (exact) mass is 333 g/mol. The van der Waals surface area contributed by atoms with Crippen molar-refractivity contribution in [2.75, 3.05) is 6.54 Å². The third-order valence-electron chi connectivity index (χ3n) is 2.67. The van der Waals surface area contributed by atoms with Gasteiger partial charge < -0.3 is 10.4 Å². The minimum Gasteiger partial charge on any atom is -0.393 e. The molecule has 0 saturated carbocycles. The fraction of sp³-hybridized carbons (Fsp3) is 0.462. The quantitative estimate of drug-likeness (QED) is 0.868. The van der Waals surface area contributed by atoms with E-state index in [-0.39, 0.29) is 11.8 Å². The van der Waals surface area contributed by atoms with E-state index in [2.05, 4.69) is 21.2 Å². The van der Waals surface area contributed by atoms with Crippen molar-refractivity contribution >= 4 is 33.4 Å². The molecule has 3 nitrogen and oxygen atoms in total. The van der Waals surface area contributed by atoms with Gasteiger partial charge in [0, 0.05) is 16.0 Å². The molecule has 0 aliphatic rings. The van der Waals surface area contributed by atoms with Gasteiger partial charge in [-0.15, -0.1) is 0 Å². The molecule has 1 unspecified atom stereocenters. The van der Waals surface area contributed by atoms with E-state index in [0.717, 1.165) is 0 Å². The molecule has 0 aromatic heterocycles. The zero-order chi connectivity index (χ0) is 13.7. The van der Waals surface area contributed by atoms with Crippen LogP contribution in [-0.2, 0) is 0 Å². The van der Waals surface area contributed by atoms with Crippen LogP contribution in [0.3, 0.4) is 0 Å². The zero-order valence-electron chi connectivity index (χ0n) is 10.4. The van der Waals surface area contributed by atoms with Crippen molar-refractivity contribution in [3.05, 3.63) is 33.3 Å². The molecule has 1 rings (SSSR count). The van der Waals surface area contributed by atoms with Gasteiger partial charge in [-0.25, -0.2) is 0 Å². The molecule has 18 heavy (non-hydrogen) atoms. The molecule has 1 aromatic rings. The summed E-state index contributed by atoms with van der Waals surface area (Å²) in [6.07, 6.45) is 0.148. The fourth-order valence-corrected chi connectivity index (χ4v) is 2.03. The Labute approximate surface area is 121 Å². The minimum absolute atomic E-state index is 0.194. The Bertz CT molecular complexity index is 423. The van der Waals surface area contributed by atoms with Gasteiger partial charge in [0.15, 0.2) is 0 Å².